The zero-order chi connectivity index (χ0) is 14.3. The molecule has 0 radical (unpaired) electrons. The number of sulfonamides is 1. The number of aliphatic carboxylic acids is 1. The first-order chi connectivity index (χ1) is 8.82. The number of hydrogen-bond donors (Lipinski definition) is 1. The van der Waals surface area contributed by atoms with Crippen LogP contribution in [0.1, 0.15) is 26.2 Å². The van der Waals surface area contributed by atoms with Gasteiger partial charge in [-0.05, 0) is 25.2 Å². The summed E-state index contributed by atoms with van der Waals surface area (Å²) >= 11 is 0. The zero-order valence-corrected chi connectivity index (χ0v) is 12.1. The van der Waals surface area contributed by atoms with E-state index in [1.807, 2.05) is 6.92 Å². The monoisotopic (exact) mass is 291 g/mol. The van der Waals surface area contributed by atoms with Crippen LogP contribution in [0.25, 0.3) is 0 Å². The molecule has 7 heteroatoms. The summed E-state index contributed by atoms with van der Waals surface area (Å²) in [7, 11) is -1.97. The van der Waals surface area contributed by atoms with Crippen LogP contribution in [0.5, 0.6) is 0 Å². The van der Waals surface area contributed by atoms with Crippen LogP contribution in [-0.4, -0.2) is 55.4 Å². The lowest BCUT2D eigenvalue weighted by atomic mass is 9.92. The topological polar surface area (TPSA) is 83.9 Å². The van der Waals surface area contributed by atoms with Gasteiger partial charge in [0.15, 0.2) is 0 Å². The fourth-order valence-electron chi connectivity index (χ4n) is 2.83. The number of piperidine rings is 1. The number of nitrogens with zero attached hydrogens (tertiary/aromatic N) is 1. The van der Waals surface area contributed by atoms with Crippen LogP contribution in [0.15, 0.2) is 0 Å². The van der Waals surface area contributed by atoms with Crippen molar-refractivity contribution in [1.29, 1.82) is 0 Å². The number of ether oxygens (including phenoxy) is 1. The summed E-state index contributed by atoms with van der Waals surface area (Å²) in [4.78, 5) is 11.1. The molecule has 1 aliphatic carbocycles. The van der Waals surface area contributed by atoms with Crippen molar-refractivity contribution in [2.24, 2.45) is 11.8 Å². The first kappa shape index (κ1) is 14.7. The van der Waals surface area contributed by atoms with E-state index in [2.05, 4.69) is 0 Å². The lowest BCUT2D eigenvalue weighted by molar-refractivity contribution is -0.143. The van der Waals surface area contributed by atoms with Crippen LogP contribution in [-0.2, 0) is 19.6 Å². The Morgan fingerprint density at radius 3 is 2.53 bits per heavy atom. The second-order valence-corrected chi connectivity index (χ2v) is 8.15. The van der Waals surface area contributed by atoms with Gasteiger partial charge >= 0.3 is 5.97 Å². The van der Waals surface area contributed by atoms with Gasteiger partial charge in [-0.3, -0.25) is 4.79 Å². The van der Waals surface area contributed by atoms with Gasteiger partial charge in [0, 0.05) is 20.2 Å². The Morgan fingerprint density at radius 2 is 2.05 bits per heavy atom. The maximum absolute atomic E-state index is 12.6. The van der Waals surface area contributed by atoms with E-state index in [0.717, 1.165) is 0 Å². The molecule has 2 unspecified atom stereocenters. The summed E-state index contributed by atoms with van der Waals surface area (Å²) < 4.78 is 30.8. The molecule has 1 aliphatic heterocycles. The lowest BCUT2D eigenvalue weighted by Crippen LogP contribution is -2.50. The average molecular weight is 291 g/mol. The fraction of sp³-hybridized carbons (Fsp3) is 0.917. The predicted octanol–water partition coefficient (Wildman–Crippen LogP) is 0.538. The molecule has 1 N–H and O–H groups in total. The molecule has 1 heterocycles. The van der Waals surface area contributed by atoms with Gasteiger partial charge in [0.1, 0.15) is 4.75 Å². The van der Waals surface area contributed by atoms with Crippen LogP contribution >= 0.6 is 0 Å². The maximum Gasteiger partial charge on any atom is 0.307 e. The maximum atomic E-state index is 12.6. The van der Waals surface area contributed by atoms with Crippen LogP contribution in [0.3, 0.4) is 0 Å². The Kier molecular flexibility index (Phi) is 3.90. The van der Waals surface area contributed by atoms with E-state index in [-0.39, 0.29) is 19.1 Å². The normalized spacial score (nSPS) is 31.1. The van der Waals surface area contributed by atoms with Gasteiger partial charge in [-0.2, -0.15) is 0 Å². The zero-order valence-electron chi connectivity index (χ0n) is 11.3. The SMILES string of the molecule is COCC1(S(=O)(=O)N2CC(C)CC(C(=O)O)C2)CC1. The smallest absolute Gasteiger partial charge is 0.307 e. The van der Waals surface area contributed by atoms with Crippen molar-refractivity contribution in [1.82, 2.24) is 4.31 Å². The van der Waals surface area contributed by atoms with Crippen molar-refractivity contribution in [2.45, 2.75) is 30.9 Å². The number of carbonyl (C=O) groups is 1. The molecule has 1 saturated carbocycles. The minimum Gasteiger partial charge on any atom is -0.481 e. The van der Waals surface area contributed by atoms with E-state index < -0.39 is 26.7 Å². The van der Waals surface area contributed by atoms with Crippen molar-refractivity contribution >= 4 is 16.0 Å². The van der Waals surface area contributed by atoms with Gasteiger partial charge in [0.25, 0.3) is 0 Å². The van der Waals surface area contributed by atoms with Crippen molar-refractivity contribution in [2.75, 3.05) is 26.8 Å². The third-order valence-corrected chi connectivity index (χ3v) is 6.68. The summed E-state index contributed by atoms with van der Waals surface area (Å²) in [5, 5.41) is 9.12. The van der Waals surface area contributed by atoms with E-state index in [4.69, 9.17) is 9.84 Å². The number of rotatable bonds is 5. The molecule has 2 rings (SSSR count). The minimum atomic E-state index is -3.47. The summed E-state index contributed by atoms with van der Waals surface area (Å²) in [6, 6.07) is 0. The molecule has 1 saturated heterocycles. The van der Waals surface area contributed by atoms with Gasteiger partial charge < -0.3 is 9.84 Å². The van der Waals surface area contributed by atoms with Gasteiger partial charge in [-0.25, -0.2) is 12.7 Å². The van der Waals surface area contributed by atoms with E-state index in [9.17, 15) is 13.2 Å². The van der Waals surface area contributed by atoms with Gasteiger partial charge in [-0.15, -0.1) is 0 Å². The van der Waals surface area contributed by atoms with Crippen molar-refractivity contribution in [3.63, 3.8) is 0 Å². The van der Waals surface area contributed by atoms with E-state index in [1.54, 1.807) is 0 Å². The molecule has 2 fully saturated rings. The molecule has 0 aromatic rings. The van der Waals surface area contributed by atoms with Crippen LogP contribution in [0.2, 0.25) is 0 Å². The minimum absolute atomic E-state index is 0.0722. The Hall–Kier alpha value is -0.660. The summed E-state index contributed by atoms with van der Waals surface area (Å²) in [5.41, 5.74) is 0. The molecule has 0 amide bonds. The summed E-state index contributed by atoms with van der Waals surface area (Å²) in [6.45, 7) is 2.59. The second kappa shape index (κ2) is 5.03. The standard InChI is InChI=1S/C12H21NO5S/c1-9-5-10(11(14)15)7-13(6-9)19(16,17)12(3-4-12)8-18-2/h9-10H,3-8H2,1-2H3,(H,14,15). The summed E-state index contributed by atoms with van der Waals surface area (Å²) in [5.74, 6) is -1.44. The Morgan fingerprint density at radius 1 is 1.42 bits per heavy atom. The highest BCUT2D eigenvalue weighted by Crippen LogP contribution is 2.46. The molecule has 2 atom stereocenters. The van der Waals surface area contributed by atoms with Crippen molar-refractivity contribution in [3.05, 3.63) is 0 Å². The molecule has 0 aromatic carbocycles. The highest BCUT2D eigenvalue weighted by atomic mass is 32.2. The largest absolute Gasteiger partial charge is 0.481 e. The number of carboxylic acid groups (broad SMARTS) is 1. The molecule has 2 aliphatic rings. The Balaban J connectivity index is 2.18. The van der Waals surface area contributed by atoms with Crippen molar-refractivity contribution < 1.29 is 23.1 Å². The molecule has 0 aromatic heterocycles. The molecule has 6 nitrogen and oxygen atoms in total. The lowest BCUT2D eigenvalue weighted by Gasteiger charge is -2.36. The average Bonchev–Trinajstić information content (AvgIpc) is 3.10. The quantitative estimate of drug-likeness (QED) is 0.799. The Bertz CT molecular complexity index is 457. The second-order valence-electron chi connectivity index (χ2n) is 5.81. The van der Waals surface area contributed by atoms with Gasteiger partial charge in [0.05, 0.1) is 12.5 Å². The molecule has 0 spiro atoms. The highest BCUT2D eigenvalue weighted by molar-refractivity contribution is 7.90. The van der Waals surface area contributed by atoms with Crippen LogP contribution in [0, 0.1) is 11.8 Å². The first-order valence-electron chi connectivity index (χ1n) is 6.54. The number of hydrogen-bond acceptors (Lipinski definition) is 4. The molecule has 0 bridgehead atoms. The Labute approximate surface area is 113 Å². The molecular weight excluding hydrogens is 270 g/mol. The number of methoxy groups -OCH3 is 1. The molecular formula is C12H21NO5S. The third-order valence-electron chi connectivity index (χ3n) is 4.08. The van der Waals surface area contributed by atoms with E-state index in [0.29, 0.717) is 25.8 Å². The first-order valence-corrected chi connectivity index (χ1v) is 7.98. The summed E-state index contributed by atoms with van der Waals surface area (Å²) in [6.07, 6.45) is 1.75. The van der Waals surface area contributed by atoms with E-state index in [1.165, 1.54) is 11.4 Å². The fourth-order valence-corrected chi connectivity index (χ4v) is 5.09. The van der Waals surface area contributed by atoms with Gasteiger partial charge in [-0.1, -0.05) is 6.92 Å². The van der Waals surface area contributed by atoms with E-state index >= 15 is 0 Å². The van der Waals surface area contributed by atoms with Crippen LogP contribution in [0.4, 0.5) is 0 Å². The van der Waals surface area contributed by atoms with Crippen molar-refractivity contribution in [3.8, 4) is 0 Å². The van der Waals surface area contributed by atoms with Crippen LogP contribution < -0.4 is 0 Å². The predicted molar refractivity (Wildman–Crippen MR) is 69.2 cm³/mol. The third kappa shape index (κ3) is 2.64. The molecule has 19 heavy (non-hydrogen) atoms. The molecule has 110 valence electrons. The highest BCUT2D eigenvalue weighted by Gasteiger charge is 2.57. The number of carboxylic acids is 1. The van der Waals surface area contributed by atoms with Gasteiger partial charge in [0.2, 0.25) is 10.0 Å².